The molecule has 0 atom stereocenters. The summed E-state index contributed by atoms with van der Waals surface area (Å²) in [5.74, 6) is -0.263. The van der Waals surface area contributed by atoms with E-state index >= 15 is 0 Å². The Kier molecular flexibility index (Phi) is 4.50. The van der Waals surface area contributed by atoms with Gasteiger partial charge in [-0.3, -0.25) is 4.79 Å². The second kappa shape index (κ2) is 6.73. The third kappa shape index (κ3) is 3.64. The third-order valence-corrected chi connectivity index (χ3v) is 3.83. The molecule has 1 aromatic heterocycles. The SMILES string of the molecule is Cc1cc(CNC(=O)c2ccccc2F)nc(N2CCCC2)n1. The maximum atomic E-state index is 13.6. The number of hydrogen-bond donors (Lipinski definition) is 1. The molecule has 3 rings (SSSR count). The molecule has 2 heterocycles. The van der Waals surface area contributed by atoms with Crippen LogP contribution >= 0.6 is 0 Å². The molecule has 1 N–H and O–H groups in total. The summed E-state index contributed by atoms with van der Waals surface area (Å²) in [5, 5.41) is 2.71. The third-order valence-electron chi connectivity index (χ3n) is 3.83. The number of carbonyl (C=O) groups is 1. The number of carbonyl (C=O) groups excluding carboxylic acids is 1. The van der Waals surface area contributed by atoms with Crippen molar-refractivity contribution in [3.8, 4) is 0 Å². The van der Waals surface area contributed by atoms with Crippen molar-refractivity contribution in [3.63, 3.8) is 0 Å². The summed E-state index contributed by atoms with van der Waals surface area (Å²) in [4.78, 5) is 23.2. The van der Waals surface area contributed by atoms with Crippen molar-refractivity contribution in [2.45, 2.75) is 26.3 Å². The van der Waals surface area contributed by atoms with Gasteiger partial charge in [-0.05, 0) is 38.0 Å². The monoisotopic (exact) mass is 314 g/mol. The second-order valence-corrected chi connectivity index (χ2v) is 5.66. The number of nitrogens with zero attached hydrogens (tertiary/aromatic N) is 3. The van der Waals surface area contributed by atoms with E-state index < -0.39 is 11.7 Å². The van der Waals surface area contributed by atoms with Crippen LogP contribution in [0.3, 0.4) is 0 Å². The molecule has 0 saturated carbocycles. The van der Waals surface area contributed by atoms with Crippen LogP contribution in [0.2, 0.25) is 0 Å². The standard InChI is InChI=1S/C17H19FN4O/c1-12-10-13(21-17(20-12)22-8-4-5-9-22)11-19-16(23)14-6-2-3-7-15(14)18/h2-3,6-7,10H,4-5,8-9,11H2,1H3,(H,19,23). The Morgan fingerprint density at radius 1 is 1.26 bits per heavy atom. The largest absolute Gasteiger partial charge is 0.346 e. The smallest absolute Gasteiger partial charge is 0.254 e. The molecule has 1 aliphatic rings. The highest BCUT2D eigenvalue weighted by Crippen LogP contribution is 2.16. The first-order chi connectivity index (χ1) is 11.1. The lowest BCUT2D eigenvalue weighted by Crippen LogP contribution is -2.26. The van der Waals surface area contributed by atoms with Gasteiger partial charge in [0.1, 0.15) is 5.82 Å². The summed E-state index contributed by atoms with van der Waals surface area (Å²) in [7, 11) is 0. The van der Waals surface area contributed by atoms with Crippen molar-refractivity contribution in [2.24, 2.45) is 0 Å². The molecule has 1 saturated heterocycles. The number of benzene rings is 1. The average molecular weight is 314 g/mol. The van der Waals surface area contributed by atoms with Crippen LogP contribution in [0.25, 0.3) is 0 Å². The summed E-state index contributed by atoms with van der Waals surface area (Å²) in [6.07, 6.45) is 2.30. The van der Waals surface area contributed by atoms with E-state index in [1.807, 2.05) is 13.0 Å². The molecule has 0 radical (unpaired) electrons. The van der Waals surface area contributed by atoms with E-state index in [0.717, 1.165) is 37.3 Å². The molecular weight excluding hydrogens is 295 g/mol. The molecule has 1 amide bonds. The molecule has 5 nitrogen and oxygen atoms in total. The molecule has 1 fully saturated rings. The predicted octanol–water partition coefficient (Wildman–Crippen LogP) is 2.45. The zero-order valence-corrected chi connectivity index (χ0v) is 13.1. The lowest BCUT2D eigenvalue weighted by molar-refractivity contribution is 0.0946. The van der Waals surface area contributed by atoms with Crippen LogP contribution in [0.5, 0.6) is 0 Å². The Balaban J connectivity index is 1.70. The van der Waals surface area contributed by atoms with Gasteiger partial charge in [0, 0.05) is 18.8 Å². The van der Waals surface area contributed by atoms with Gasteiger partial charge in [-0.25, -0.2) is 14.4 Å². The van der Waals surface area contributed by atoms with E-state index in [1.54, 1.807) is 12.1 Å². The van der Waals surface area contributed by atoms with Crippen LogP contribution in [-0.2, 0) is 6.54 Å². The minimum Gasteiger partial charge on any atom is -0.346 e. The fourth-order valence-corrected chi connectivity index (χ4v) is 2.68. The van der Waals surface area contributed by atoms with Crippen LogP contribution in [-0.4, -0.2) is 29.0 Å². The number of anilines is 1. The topological polar surface area (TPSA) is 58.1 Å². The van der Waals surface area contributed by atoms with E-state index in [0.29, 0.717) is 5.95 Å². The Morgan fingerprint density at radius 3 is 2.74 bits per heavy atom. The van der Waals surface area contributed by atoms with E-state index in [2.05, 4.69) is 20.2 Å². The summed E-state index contributed by atoms with van der Waals surface area (Å²) in [6.45, 7) is 4.08. The van der Waals surface area contributed by atoms with Gasteiger partial charge in [-0.1, -0.05) is 12.1 Å². The molecule has 0 aliphatic carbocycles. The highest BCUT2D eigenvalue weighted by atomic mass is 19.1. The zero-order chi connectivity index (χ0) is 16.2. The maximum absolute atomic E-state index is 13.6. The molecule has 0 unspecified atom stereocenters. The fourth-order valence-electron chi connectivity index (χ4n) is 2.68. The van der Waals surface area contributed by atoms with Gasteiger partial charge in [0.2, 0.25) is 5.95 Å². The number of amides is 1. The highest BCUT2D eigenvalue weighted by Gasteiger charge is 2.16. The quantitative estimate of drug-likeness (QED) is 0.942. The van der Waals surface area contributed by atoms with E-state index in [9.17, 15) is 9.18 Å². The maximum Gasteiger partial charge on any atom is 0.254 e. The van der Waals surface area contributed by atoms with Crippen molar-refractivity contribution in [1.82, 2.24) is 15.3 Å². The molecule has 6 heteroatoms. The number of aromatic nitrogens is 2. The van der Waals surface area contributed by atoms with Crippen LogP contribution in [0.15, 0.2) is 30.3 Å². The fraction of sp³-hybridized carbons (Fsp3) is 0.353. The Morgan fingerprint density at radius 2 is 2.00 bits per heavy atom. The van der Waals surface area contributed by atoms with Gasteiger partial charge in [0.25, 0.3) is 5.91 Å². The highest BCUT2D eigenvalue weighted by molar-refractivity contribution is 5.94. The molecule has 0 spiro atoms. The minimum atomic E-state index is -0.526. The van der Waals surface area contributed by atoms with Crippen molar-refractivity contribution in [2.75, 3.05) is 18.0 Å². The van der Waals surface area contributed by atoms with Gasteiger partial charge in [0.05, 0.1) is 17.8 Å². The molecule has 0 bridgehead atoms. The summed E-state index contributed by atoms with van der Waals surface area (Å²) in [5.41, 5.74) is 1.62. The van der Waals surface area contributed by atoms with Gasteiger partial charge < -0.3 is 10.2 Å². The zero-order valence-electron chi connectivity index (χ0n) is 13.1. The average Bonchev–Trinajstić information content (AvgIpc) is 3.07. The lowest BCUT2D eigenvalue weighted by Gasteiger charge is -2.16. The van der Waals surface area contributed by atoms with Crippen molar-refractivity contribution < 1.29 is 9.18 Å². The molecule has 2 aromatic rings. The number of aryl methyl sites for hydroxylation is 1. The van der Waals surface area contributed by atoms with Gasteiger partial charge in [-0.2, -0.15) is 0 Å². The first-order valence-corrected chi connectivity index (χ1v) is 7.76. The van der Waals surface area contributed by atoms with Crippen LogP contribution in [0, 0.1) is 12.7 Å². The Labute approximate surface area is 134 Å². The van der Waals surface area contributed by atoms with E-state index in [1.165, 1.54) is 12.1 Å². The molecular formula is C17H19FN4O. The Bertz CT molecular complexity index is 713. The second-order valence-electron chi connectivity index (χ2n) is 5.66. The van der Waals surface area contributed by atoms with Crippen molar-refractivity contribution in [3.05, 3.63) is 53.1 Å². The first kappa shape index (κ1) is 15.4. The van der Waals surface area contributed by atoms with E-state index in [4.69, 9.17) is 0 Å². The van der Waals surface area contributed by atoms with E-state index in [-0.39, 0.29) is 12.1 Å². The summed E-state index contributed by atoms with van der Waals surface area (Å²) < 4.78 is 13.6. The van der Waals surface area contributed by atoms with Gasteiger partial charge >= 0.3 is 0 Å². The summed E-state index contributed by atoms with van der Waals surface area (Å²) >= 11 is 0. The molecule has 1 aliphatic heterocycles. The number of nitrogens with one attached hydrogen (secondary N) is 1. The number of hydrogen-bond acceptors (Lipinski definition) is 4. The van der Waals surface area contributed by atoms with Crippen molar-refractivity contribution in [1.29, 1.82) is 0 Å². The van der Waals surface area contributed by atoms with Gasteiger partial charge in [-0.15, -0.1) is 0 Å². The Hall–Kier alpha value is -2.50. The first-order valence-electron chi connectivity index (χ1n) is 7.76. The van der Waals surface area contributed by atoms with Gasteiger partial charge in [0.15, 0.2) is 0 Å². The predicted molar refractivity (Wildman–Crippen MR) is 85.8 cm³/mol. The number of rotatable bonds is 4. The normalized spacial score (nSPS) is 14.1. The number of halogens is 1. The van der Waals surface area contributed by atoms with Crippen LogP contribution in [0.4, 0.5) is 10.3 Å². The molecule has 120 valence electrons. The minimum absolute atomic E-state index is 0.0399. The molecule has 23 heavy (non-hydrogen) atoms. The van der Waals surface area contributed by atoms with Crippen LogP contribution in [0.1, 0.15) is 34.6 Å². The lowest BCUT2D eigenvalue weighted by atomic mass is 10.2. The molecule has 1 aromatic carbocycles. The van der Waals surface area contributed by atoms with Crippen LogP contribution < -0.4 is 10.2 Å². The van der Waals surface area contributed by atoms with Crippen molar-refractivity contribution >= 4 is 11.9 Å². The summed E-state index contributed by atoms with van der Waals surface area (Å²) in [6, 6.07) is 7.77.